The van der Waals surface area contributed by atoms with E-state index in [1.54, 1.807) is 0 Å². The lowest BCUT2D eigenvalue weighted by Gasteiger charge is -2.05. The molecule has 138 valence electrons. The quantitative estimate of drug-likeness (QED) is 0.280. The summed E-state index contributed by atoms with van der Waals surface area (Å²) in [6.07, 6.45) is -1.53. The molecule has 1 heterocycles. The molecule has 0 bridgehead atoms. The van der Waals surface area contributed by atoms with Crippen molar-refractivity contribution in [2.75, 3.05) is 0 Å². The fourth-order valence-electron chi connectivity index (χ4n) is 2.42. The van der Waals surface area contributed by atoms with E-state index in [1.165, 1.54) is 36.5 Å². The fraction of sp³-hybridized carbons (Fsp3) is 0.0526. The van der Waals surface area contributed by atoms with E-state index < -0.39 is 23.5 Å². The first-order valence-electron chi connectivity index (χ1n) is 7.63. The topological polar surface area (TPSA) is 34.9 Å². The number of nitrogens with zero attached hydrogens (tertiary/aromatic N) is 2. The molecule has 8 heteroatoms. The number of allylic oxidation sites excluding steroid dienone is 1. The highest BCUT2D eigenvalue weighted by atomic mass is 19.4. The summed E-state index contributed by atoms with van der Waals surface area (Å²) >= 11 is 0. The summed E-state index contributed by atoms with van der Waals surface area (Å²) in [5.74, 6) is -1.63. The van der Waals surface area contributed by atoms with Gasteiger partial charge in [0.05, 0.1) is 5.69 Å². The Labute approximate surface area is 150 Å². The first kappa shape index (κ1) is 18.5. The first-order valence-corrected chi connectivity index (χ1v) is 7.63. The third-order valence-electron chi connectivity index (χ3n) is 3.73. The van der Waals surface area contributed by atoms with Crippen molar-refractivity contribution in [1.29, 1.82) is 0 Å². The summed E-state index contributed by atoms with van der Waals surface area (Å²) in [6.45, 7) is 0. The second-order valence-electron chi connectivity index (χ2n) is 5.58. The van der Waals surface area contributed by atoms with E-state index in [4.69, 9.17) is 0 Å². The SMILES string of the molecule is O=CC(=Cc1ccc(-n2ccc(C(F)(F)F)n2)cc1)c1ccc(F)cc1F. The lowest BCUT2D eigenvalue weighted by Crippen LogP contribution is -2.07. The van der Waals surface area contributed by atoms with Crippen LogP contribution < -0.4 is 0 Å². The van der Waals surface area contributed by atoms with Crippen LogP contribution in [0.4, 0.5) is 22.0 Å². The minimum Gasteiger partial charge on any atom is -0.298 e. The van der Waals surface area contributed by atoms with Crippen molar-refractivity contribution in [1.82, 2.24) is 9.78 Å². The molecule has 3 nitrogen and oxygen atoms in total. The van der Waals surface area contributed by atoms with Crippen LogP contribution in [0.3, 0.4) is 0 Å². The summed E-state index contributed by atoms with van der Waals surface area (Å²) in [5.41, 5.74) is -0.186. The van der Waals surface area contributed by atoms with Crippen molar-refractivity contribution in [3.63, 3.8) is 0 Å². The molecule has 0 saturated carbocycles. The first-order chi connectivity index (χ1) is 12.8. The zero-order chi connectivity index (χ0) is 19.6. The molecule has 2 aromatic carbocycles. The summed E-state index contributed by atoms with van der Waals surface area (Å²) in [7, 11) is 0. The van der Waals surface area contributed by atoms with Gasteiger partial charge in [0.25, 0.3) is 0 Å². The Morgan fingerprint density at radius 3 is 2.26 bits per heavy atom. The lowest BCUT2D eigenvalue weighted by molar-refractivity contribution is -0.141. The zero-order valence-electron chi connectivity index (χ0n) is 13.5. The molecule has 0 fully saturated rings. The molecule has 0 spiro atoms. The molecule has 0 N–H and O–H groups in total. The number of carbonyl (C=O) groups excluding carboxylic acids is 1. The van der Waals surface area contributed by atoms with Gasteiger partial charge in [0.1, 0.15) is 11.6 Å². The highest BCUT2D eigenvalue weighted by molar-refractivity contribution is 6.13. The number of hydrogen-bond acceptors (Lipinski definition) is 2. The standard InChI is InChI=1S/C19H11F5N2O/c20-14-3-6-16(17(21)10-14)13(11-27)9-12-1-4-15(5-2-12)26-8-7-18(25-26)19(22,23)24/h1-11H. The van der Waals surface area contributed by atoms with Gasteiger partial charge in [-0.1, -0.05) is 12.1 Å². The van der Waals surface area contributed by atoms with Gasteiger partial charge in [-0.15, -0.1) is 0 Å². The molecular formula is C19H11F5N2O. The van der Waals surface area contributed by atoms with Gasteiger partial charge in [-0.2, -0.15) is 18.3 Å². The number of aromatic nitrogens is 2. The van der Waals surface area contributed by atoms with Crippen LogP contribution in [0, 0.1) is 11.6 Å². The molecule has 0 aliphatic carbocycles. The van der Waals surface area contributed by atoms with E-state index in [9.17, 15) is 26.7 Å². The van der Waals surface area contributed by atoms with Gasteiger partial charge in [-0.25, -0.2) is 13.5 Å². The maximum atomic E-state index is 13.8. The molecule has 0 saturated heterocycles. The van der Waals surface area contributed by atoms with Gasteiger partial charge in [-0.3, -0.25) is 4.79 Å². The summed E-state index contributed by atoms with van der Waals surface area (Å²) < 4.78 is 65.7. The van der Waals surface area contributed by atoms with Gasteiger partial charge in [0.15, 0.2) is 12.0 Å². The molecule has 0 radical (unpaired) electrons. The summed E-state index contributed by atoms with van der Waals surface area (Å²) in [5, 5.41) is 3.46. The van der Waals surface area contributed by atoms with Crippen LogP contribution in [-0.4, -0.2) is 16.1 Å². The number of hydrogen-bond donors (Lipinski definition) is 0. The number of alkyl halides is 3. The Kier molecular flexibility index (Phi) is 4.89. The van der Waals surface area contributed by atoms with Crippen LogP contribution in [0.25, 0.3) is 17.3 Å². The maximum Gasteiger partial charge on any atom is 0.435 e. The van der Waals surface area contributed by atoms with Gasteiger partial charge < -0.3 is 0 Å². The van der Waals surface area contributed by atoms with Crippen LogP contribution in [0.1, 0.15) is 16.8 Å². The van der Waals surface area contributed by atoms with Crippen molar-refractivity contribution >= 4 is 17.9 Å². The highest BCUT2D eigenvalue weighted by Gasteiger charge is 2.33. The van der Waals surface area contributed by atoms with E-state index in [0.29, 0.717) is 23.6 Å². The molecule has 0 aliphatic heterocycles. The van der Waals surface area contributed by atoms with Crippen molar-refractivity contribution in [2.45, 2.75) is 6.18 Å². The van der Waals surface area contributed by atoms with Gasteiger partial charge in [0, 0.05) is 23.4 Å². The second-order valence-corrected chi connectivity index (χ2v) is 5.58. The van der Waals surface area contributed by atoms with Crippen LogP contribution >= 0.6 is 0 Å². The molecule has 1 aromatic heterocycles. The molecule has 0 amide bonds. The number of halogens is 5. The Balaban J connectivity index is 1.89. The van der Waals surface area contributed by atoms with Crippen LogP contribution in [0.5, 0.6) is 0 Å². The number of rotatable bonds is 4. The number of benzene rings is 2. The van der Waals surface area contributed by atoms with Crippen LogP contribution in [0.2, 0.25) is 0 Å². The predicted octanol–water partition coefficient (Wildman–Crippen LogP) is 4.91. The Morgan fingerprint density at radius 2 is 1.70 bits per heavy atom. The Bertz CT molecular complexity index is 1000. The molecule has 0 atom stereocenters. The molecule has 27 heavy (non-hydrogen) atoms. The minimum atomic E-state index is -4.54. The Hall–Kier alpha value is -3.29. The van der Waals surface area contributed by atoms with Crippen molar-refractivity contribution in [3.8, 4) is 5.69 Å². The molecular weight excluding hydrogens is 367 g/mol. The van der Waals surface area contributed by atoms with E-state index in [0.717, 1.165) is 22.9 Å². The second kappa shape index (κ2) is 7.14. The van der Waals surface area contributed by atoms with Crippen molar-refractivity contribution < 1.29 is 26.7 Å². The van der Waals surface area contributed by atoms with Gasteiger partial charge in [0.2, 0.25) is 0 Å². The summed E-state index contributed by atoms with van der Waals surface area (Å²) in [4.78, 5) is 11.3. The van der Waals surface area contributed by atoms with E-state index in [1.807, 2.05) is 0 Å². The largest absolute Gasteiger partial charge is 0.435 e. The Morgan fingerprint density at radius 1 is 1.00 bits per heavy atom. The fourth-order valence-corrected chi connectivity index (χ4v) is 2.42. The third-order valence-corrected chi connectivity index (χ3v) is 3.73. The molecule has 3 rings (SSSR count). The number of aldehydes is 1. The normalized spacial score (nSPS) is 12.3. The monoisotopic (exact) mass is 378 g/mol. The van der Waals surface area contributed by atoms with Crippen molar-refractivity contribution in [2.24, 2.45) is 0 Å². The highest BCUT2D eigenvalue weighted by Crippen LogP contribution is 2.28. The maximum absolute atomic E-state index is 13.8. The smallest absolute Gasteiger partial charge is 0.298 e. The minimum absolute atomic E-state index is 0.00121. The molecule has 0 aliphatic rings. The average Bonchev–Trinajstić information content (AvgIpc) is 3.11. The van der Waals surface area contributed by atoms with E-state index >= 15 is 0 Å². The van der Waals surface area contributed by atoms with Crippen LogP contribution in [0.15, 0.2) is 54.7 Å². The zero-order valence-corrected chi connectivity index (χ0v) is 13.5. The van der Waals surface area contributed by atoms with Crippen molar-refractivity contribution in [3.05, 3.63) is 83.2 Å². The lowest BCUT2D eigenvalue weighted by atomic mass is 10.0. The molecule has 0 unspecified atom stereocenters. The molecule has 3 aromatic rings. The van der Waals surface area contributed by atoms with Gasteiger partial charge in [-0.05, 0) is 42.0 Å². The third kappa shape index (κ3) is 4.11. The number of carbonyl (C=O) groups is 1. The predicted molar refractivity (Wildman–Crippen MR) is 88.9 cm³/mol. The van der Waals surface area contributed by atoms with E-state index in [2.05, 4.69) is 5.10 Å². The van der Waals surface area contributed by atoms with Gasteiger partial charge >= 0.3 is 6.18 Å². The average molecular weight is 378 g/mol. The van der Waals surface area contributed by atoms with E-state index in [-0.39, 0.29) is 11.1 Å². The summed E-state index contributed by atoms with van der Waals surface area (Å²) in [6, 6.07) is 9.80. The van der Waals surface area contributed by atoms with Crippen LogP contribution in [-0.2, 0) is 11.0 Å².